The third-order valence-corrected chi connectivity index (χ3v) is 3.50. The first-order chi connectivity index (χ1) is 8.08. The maximum absolute atomic E-state index is 6.12. The van der Waals surface area contributed by atoms with Gasteiger partial charge in [-0.05, 0) is 37.6 Å². The Morgan fingerprint density at radius 3 is 2.65 bits per heavy atom. The first kappa shape index (κ1) is 14.3. The number of nitrogens with one attached hydrogen (secondary N) is 1. The van der Waals surface area contributed by atoms with Crippen LogP contribution in [0.4, 0.5) is 0 Å². The van der Waals surface area contributed by atoms with Crippen molar-refractivity contribution in [3.63, 3.8) is 0 Å². The minimum atomic E-state index is 0.359. The van der Waals surface area contributed by atoms with Crippen molar-refractivity contribution in [2.45, 2.75) is 33.2 Å². The van der Waals surface area contributed by atoms with Crippen LogP contribution in [0, 0.1) is 12.8 Å². The molecule has 96 valence electrons. The molecule has 0 aromatic heterocycles. The van der Waals surface area contributed by atoms with Crippen LogP contribution in [-0.4, -0.2) is 19.7 Å². The average Bonchev–Trinajstić information content (AvgIpc) is 2.31. The van der Waals surface area contributed by atoms with Crippen LogP contribution >= 0.6 is 11.6 Å². The summed E-state index contributed by atoms with van der Waals surface area (Å²) in [7, 11) is 1.97. The zero-order valence-corrected chi connectivity index (χ0v) is 11.8. The predicted molar refractivity (Wildman–Crippen MR) is 74.0 cm³/mol. The highest BCUT2D eigenvalue weighted by molar-refractivity contribution is 6.32. The molecule has 0 heterocycles. The van der Waals surface area contributed by atoms with E-state index in [1.165, 1.54) is 0 Å². The van der Waals surface area contributed by atoms with Crippen LogP contribution in [0.5, 0.6) is 5.75 Å². The number of hydrogen-bond acceptors (Lipinski definition) is 2. The lowest BCUT2D eigenvalue weighted by molar-refractivity contribution is 0.228. The lowest BCUT2D eigenvalue weighted by Crippen LogP contribution is -2.37. The van der Waals surface area contributed by atoms with Gasteiger partial charge in [-0.15, -0.1) is 0 Å². The Hall–Kier alpha value is -0.730. The summed E-state index contributed by atoms with van der Waals surface area (Å²) in [6, 6.07) is 6.23. The highest BCUT2D eigenvalue weighted by atomic mass is 35.5. The quantitative estimate of drug-likeness (QED) is 0.838. The monoisotopic (exact) mass is 255 g/mol. The molecule has 0 saturated carbocycles. The Bertz CT molecular complexity index is 354. The summed E-state index contributed by atoms with van der Waals surface area (Å²) in [6.45, 7) is 7.08. The molecule has 1 aromatic rings. The largest absolute Gasteiger partial charge is 0.490 e. The lowest BCUT2D eigenvalue weighted by Gasteiger charge is -2.22. The standard InChI is InChI=1S/C14H22ClNO/c1-5-11(3)13(16-4)9-17-14-7-6-10(2)8-12(14)15/h6-8,11,13,16H,5,9H2,1-4H3. The van der Waals surface area contributed by atoms with Crippen LogP contribution < -0.4 is 10.1 Å². The van der Waals surface area contributed by atoms with E-state index < -0.39 is 0 Å². The van der Waals surface area contributed by atoms with E-state index in [2.05, 4.69) is 19.2 Å². The molecule has 0 fully saturated rings. The summed E-state index contributed by atoms with van der Waals surface area (Å²) < 4.78 is 5.77. The predicted octanol–water partition coefficient (Wildman–Crippen LogP) is 3.66. The maximum Gasteiger partial charge on any atom is 0.137 e. The fourth-order valence-electron chi connectivity index (χ4n) is 1.72. The van der Waals surface area contributed by atoms with Gasteiger partial charge in [-0.25, -0.2) is 0 Å². The number of likely N-dealkylation sites (N-methyl/N-ethyl adjacent to an activating group) is 1. The van der Waals surface area contributed by atoms with Gasteiger partial charge in [-0.2, -0.15) is 0 Å². The van der Waals surface area contributed by atoms with Gasteiger partial charge in [0.25, 0.3) is 0 Å². The molecule has 0 bridgehead atoms. The molecule has 0 aliphatic heterocycles. The fraction of sp³-hybridized carbons (Fsp3) is 0.571. The SMILES string of the molecule is CCC(C)C(COc1ccc(C)cc1Cl)NC. The van der Waals surface area contributed by atoms with E-state index in [1.807, 2.05) is 32.2 Å². The highest BCUT2D eigenvalue weighted by Crippen LogP contribution is 2.25. The molecule has 17 heavy (non-hydrogen) atoms. The summed E-state index contributed by atoms with van der Waals surface area (Å²) in [4.78, 5) is 0. The molecule has 0 spiro atoms. The normalized spacial score (nSPS) is 14.4. The fourth-order valence-corrected chi connectivity index (χ4v) is 2.01. The van der Waals surface area contributed by atoms with Crippen LogP contribution in [0.1, 0.15) is 25.8 Å². The molecular formula is C14H22ClNO. The minimum Gasteiger partial charge on any atom is -0.490 e. The second-order valence-corrected chi connectivity index (χ2v) is 4.93. The van der Waals surface area contributed by atoms with E-state index in [0.29, 0.717) is 23.6 Å². The van der Waals surface area contributed by atoms with Crippen molar-refractivity contribution >= 4 is 11.6 Å². The number of rotatable bonds is 6. The van der Waals surface area contributed by atoms with Gasteiger partial charge in [0.15, 0.2) is 0 Å². The Morgan fingerprint density at radius 2 is 2.12 bits per heavy atom. The molecular weight excluding hydrogens is 234 g/mol. The number of benzene rings is 1. The summed E-state index contributed by atoms with van der Waals surface area (Å²) >= 11 is 6.12. The second kappa shape index (κ2) is 6.87. The topological polar surface area (TPSA) is 21.3 Å². The molecule has 0 aliphatic rings. The van der Waals surface area contributed by atoms with Crippen LogP contribution in [0.25, 0.3) is 0 Å². The van der Waals surface area contributed by atoms with Crippen LogP contribution in [0.2, 0.25) is 5.02 Å². The Balaban J connectivity index is 2.59. The first-order valence-electron chi connectivity index (χ1n) is 6.14. The van der Waals surface area contributed by atoms with Gasteiger partial charge in [0.2, 0.25) is 0 Å². The van der Waals surface area contributed by atoms with Crippen LogP contribution in [-0.2, 0) is 0 Å². The van der Waals surface area contributed by atoms with Crippen LogP contribution in [0.3, 0.4) is 0 Å². The van der Waals surface area contributed by atoms with E-state index >= 15 is 0 Å². The number of hydrogen-bond donors (Lipinski definition) is 1. The lowest BCUT2D eigenvalue weighted by atomic mass is 10.0. The van der Waals surface area contributed by atoms with Gasteiger partial charge < -0.3 is 10.1 Å². The molecule has 1 rings (SSSR count). The molecule has 0 radical (unpaired) electrons. The van der Waals surface area contributed by atoms with Gasteiger partial charge in [-0.1, -0.05) is 37.9 Å². The zero-order chi connectivity index (χ0) is 12.8. The Kier molecular flexibility index (Phi) is 5.79. The van der Waals surface area contributed by atoms with Crippen LogP contribution in [0.15, 0.2) is 18.2 Å². The summed E-state index contributed by atoms with van der Waals surface area (Å²) in [5.74, 6) is 1.35. The van der Waals surface area contributed by atoms with Crippen molar-refractivity contribution in [3.05, 3.63) is 28.8 Å². The van der Waals surface area contributed by atoms with Gasteiger partial charge in [0.05, 0.1) is 5.02 Å². The molecule has 0 saturated heterocycles. The van der Waals surface area contributed by atoms with Crippen molar-refractivity contribution in [2.75, 3.05) is 13.7 Å². The van der Waals surface area contributed by atoms with Crippen molar-refractivity contribution in [1.29, 1.82) is 0 Å². The van der Waals surface area contributed by atoms with Crippen molar-refractivity contribution in [3.8, 4) is 5.75 Å². The highest BCUT2D eigenvalue weighted by Gasteiger charge is 2.14. The number of halogens is 1. The zero-order valence-electron chi connectivity index (χ0n) is 11.1. The summed E-state index contributed by atoms with van der Waals surface area (Å²) in [6.07, 6.45) is 1.14. The van der Waals surface area contributed by atoms with E-state index in [-0.39, 0.29) is 0 Å². The molecule has 1 N–H and O–H groups in total. The molecule has 3 heteroatoms. The van der Waals surface area contributed by atoms with Gasteiger partial charge in [0.1, 0.15) is 12.4 Å². The molecule has 1 aromatic carbocycles. The average molecular weight is 256 g/mol. The van der Waals surface area contributed by atoms with Crippen molar-refractivity contribution < 1.29 is 4.74 Å². The summed E-state index contributed by atoms with van der Waals surface area (Å²) in [5.41, 5.74) is 1.15. The Labute approximate surface area is 109 Å². The number of aryl methyl sites for hydroxylation is 1. The Morgan fingerprint density at radius 1 is 1.41 bits per heavy atom. The third kappa shape index (κ3) is 4.21. The van der Waals surface area contributed by atoms with Crippen molar-refractivity contribution in [1.82, 2.24) is 5.32 Å². The van der Waals surface area contributed by atoms with E-state index in [1.54, 1.807) is 0 Å². The van der Waals surface area contributed by atoms with E-state index in [0.717, 1.165) is 17.7 Å². The van der Waals surface area contributed by atoms with Crippen molar-refractivity contribution in [2.24, 2.45) is 5.92 Å². The number of ether oxygens (including phenoxy) is 1. The smallest absolute Gasteiger partial charge is 0.137 e. The molecule has 0 aliphatic carbocycles. The van der Waals surface area contributed by atoms with E-state index in [4.69, 9.17) is 16.3 Å². The summed E-state index contributed by atoms with van der Waals surface area (Å²) in [5, 5.41) is 3.97. The third-order valence-electron chi connectivity index (χ3n) is 3.21. The maximum atomic E-state index is 6.12. The van der Waals surface area contributed by atoms with E-state index in [9.17, 15) is 0 Å². The second-order valence-electron chi connectivity index (χ2n) is 4.53. The molecule has 2 nitrogen and oxygen atoms in total. The van der Waals surface area contributed by atoms with Gasteiger partial charge >= 0.3 is 0 Å². The molecule has 0 amide bonds. The first-order valence-corrected chi connectivity index (χ1v) is 6.52. The van der Waals surface area contributed by atoms with Gasteiger partial charge in [0, 0.05) is 6.04 Å². The van der Waals surface area contributed by atoms with Gasteiger partial charge in [-0.3, -0.25) is 0 Å². The molecule has 2 atom stereocenters. The molecule has 2 unspecified atom stereocenters. The minimum absolute atomic E-state index is 0.359.